The number of aliphatic hydroxyl groups is 1. The third-order valence-electron chi connectivity index (χ3n) is 3.58. The van der Waals surface area contributed by atoms with Crippen LogP contribution in [0.5, 0.6) is 0 Å². The number of nitrogens with one attached hydrogen (secondary N) is 1. The van der Waals surface area contributed by atoms with Crippen molar-refractivity contribution in [3.05, 3.63) is 34.3 Å². The van der Waals surface area contributed by atoms with Crippen molar-refractivity contribution >= 4 is 17.5 Å². The summed E-state index contributed by atoms with van der Waals surface area (Å²) < 4.78 is 0. The van der Waals surface area contributed by atoms with Gasteiger partial charge < -0.3 is 10.4 Å². The van der Waals surface area contributed by atoms with Crippen LogP contribution in [0.25, 0.3) is 0 Å². The summed E-state index contributed by atoms with van der Waals surface area (Å²) in [5.74, 6) is 0.152. The van der Waals surface area contributed by atoms with E-state index in [4.69, 9.17) is 11.6 Å². The highest BCUT2D eigenvalue weighted by Gasteiger charge is 2.42. The minimum atomic E-state index is -0.536. The van der Waals surface area contributed by atoms with E-state index in [1.54, 1.807) is 12.1 Å². The number of hydrogen-bond acceptors (Lipinski definition) is 2. The first-order valence-electron chi connectivity index (χ1n) is 6.16. The van der Waals surface area contributed by atoms with Gasteiger partial charge in [0.25, 0.3) is 5.91 Å². The molecule has 1 amide bonds. The van der Waals surface area contributed by atoms with Gasteiger partial charge in [-0.05, 0) is 50.3 Å². The highest BCUT2D eigenvalue weighted by molar-refractivity contribution is 6.33. The monoisotopic (exact) mass is 267 g/mol. The van der Waals surface area contributed by atoms with Gasteiger partial charge in [0.15, 0.2) is 0 Å². The fourth-order valence-electron chi connectivity index (χ4n) is 2.12. The van der Waals surface area contributed by atoms with Crippen molar-refractivity contribution in [2.75, 3.05) is 6.61 Å². The molecule has 0 aliphatic heterocycles. The quantitative estimate of drug-likeness (QED) is 0.881. The fraction of sp³-hybridized carbons (Fsp3) is 0.500. The number of hydrogen-bond donors (Lipinski definition) is 2. The Labute approximate surface area is 112 Å². The van der Waals surface area contributed by atoms with E-state index in [9.17, 15) is 9.90 Å². The number of halogens is 1. The van der Waals surface area contributed by atoms with Gasteiger partial charge in [0.1, 0.15) is 0 Å². The number of aryl methyl sites for hydroxylation is 1. The van der Waals surface area contributed by atoms with E-state index >= 15 is 0 Å². The molecule has 1 saturated carbocycles. The third-order valence-corrected chi connectivity index (χ3v) is 3.89. The molecule has 1 aliphatic rings. The Kier molecular flexibility index (Phi) is 3.64. The van der Waals surface area contributed by atoms with Crippen LogP contribution in [0.15, 0.2) is 18.2 Å². The SMILES string of the molecule is Cc1ccc(C(=O)NC(C)(CO)C2CC2)c(Cl)c1. The maximum atomic E-state index is 12.2. The Morgan fingerprint density at radius 2 is 2.22 bits per heavy atom. The molecule has 0 bridgehead atoms. The summed E-state index contributed by atoms with van der Waals surface area (Å²) in [5.41, 5.74) is 0.942. The van der Waals surface area contributed by atoms with Crippen LogP contribution in [-0.4, -0.2) is 23.2 Å². The zero-order valence-corrected chi connectivity index (χ0v) is 11.4. The van der Waals surface area contributed by atoms with Gasteiger partial charge in [0.05, 0.1) is 22.7 Å². The zero-order chi connectivity index (χ0) is 13.3. The number of aliphatic hydroxyl groups excluding tert-OH is 1. The van der Waals surface area contributed by atoms with Gasteiger partial charge in [0, 0.05) is 0 Å². The summed E-state index contributed by atoms with van der Waals surface area (Å²) in [5, 5.41) is 12.8. The maximum absolute atomic E-state index is 12.2. The summed E-state index contributed by atoms with van der Waals surface area (Å²) in [6.07, 6.45) is 2.11. The molecule has 1 fully saturated rings. The molecular formula is C14H18ClNO2. The van der Waals surface area contributed by atoms with Crippen LogP contribution in [0.3, 0.4) is 0 Å². The first kappa shape index (κ1) is 13.4. The number of amides is 1. The van der Waals surface area contributed by atoms with Crippen molar-refractivity contribution in [2.24, 2.45) is 5.92 Å². The summed E-state index contributed by atoms with van der Waals surface area (Å²) in [6.45, 7) is 3.76. The molecule has 2 rings (SSSR count). The molecule has 4 heteroatoms. The van der Waals surface area contributed by atoms with Crippen molar-refractivity contribution in [3.8, 4) is 0 Å². The van der Waals surface area contributed by atoms with Gasteiger partial charge >= 0.3 is 0 Å². The molecular weight excluding hydrogens is 250 g/mol. The first-order valence-corrected chi connectivity index (χ1v) is 6.53. The molecule has 3 nitrogen and oxygen atoms in total. The van der Waals surface area contributed by atoms with E-state index in [0.29, 0.717) is 16.5 Å². The van der Waals surface area contributed by atoms with Gasteiger partial charge in [-0.25, -0.2) is 0 Å². The Balaban J connectivity index is 2.16. The van der Waals surface area contributed by atoms with Crippen molar-refractivity contribution in [3.63, 3.8) is 0 Å². The van der Waals surface area contributed by atoms with Gasteiger partial charge in [-0.2, -0.15) is 0 Å². The van der Waals surface area contributed by atoms with E-state index in [2.05, 4.69) is 5.32 Å². The first-order chi connectivity index (χ1) is 8.46. The third kappa shape index (κ3) is 2.68. The maximum Gasteiger partial charge on any atom is 0.253 e. The van der Waals surface area contributed by atoms with Gasteiger partial charge in [-0.1, -0.05) is 17.7 Å². The molecule has 2 N–H and O–H groups in total. The second kappa shape index (κ2) is 4.90. The van der Waals surface area contributed by atoms with Crippen molar-refractivity contribution in [1.82, 2.24) is 5.32 Å². The smallest absolute Gasteiger partial charge is 0.253 e. The molecule has 1 aromatic rings. The predicted octanol–water partition coefficient (Wildman–Crippen LogP) is 2.54. The average molecular weight is 268 g/mol. The highest BCUT2D eigenvalue weighted by atomic mass is 35.5. The lowest BCUT2D eigenvalue weighted by molar-refractivity contribution is 0.0824. The summed E-state index contributed by atoms with van der Waals surface area (Å²) >= 11 is 6.07. The number of carbonyl (C=O) groups is 1. The molecule has 98 valence electrons. The molecule has 1 aliphatic carbocycles. The Morgan fingerprint density at radius 3 is 2.72 bits per heavy atom. The molecule has 0 spiro atoms. The second-order valence-corrected chi connectivity index (χ2v) is 5.69. The number of benzene rings is 1. The normalized spacial score (nSPS) is 18.2. The second-order valence-electron chi connectivity index (χ2n) is 5.29. The van der Waals surface area contributed by atoms with Crippen molar-refractivity contribution in [2.45, 2.75) is 32.2 Å². The molecule has 1 atom stereocenters. The standard InChI is InChI=1S/C14H18ClNO2/c1-9-3-6-11(12(15)7-9)13(18)16-14(2,8-17)10-4-5-10/h3,6-7,10,17H,4-5,8H2,1-2H3,(H,16,18). The van der Waals surface area contributed by atoms with E-state index in [-0.39, 0.29) is 12.5 Å². The van der Waals surface area contributed by atoms with Gasteiger partial charge in [-0.3, -0.25) is 4.79 Å². The summed E-state index contributed by atoms with van der Waals surface area (Å²) in [4.78, 5) is 12.2. The highest BCUT2D eigenvalue weighted by Crippen LogP contribution is 2.39. The molecule has 0 radical (unpaired) electrons. The van der Waals surface area contributed by atoms with Crippen LogP contribution < -0.4 is 5.32 Å². The molecule has 0 saturated heterocycles. The van der Waals surface area contributed by atoms with E-state index in [1.807, 2.05) is 19.9 Å². The lowest BCUT2D eigenvalue weighted by Gasteiger charge is -2.29. The van der Waals surface area contributed by atoms with Crippen LogP contribution in [0, 0.1) is 12.8 Å². The number of rotatable bonds is 4. The molecule has 1 unspecified atom stereocenters. The minimum Gasteiger partial charge on any atom is -0.394 e. The minimum absolute atomic E-state index is 0.0487. The van der Waals surface area contributed by atoms with Crippen LogP contribution >= 0.6 is 11.6 Å². The van der Waals surface area contributed by atoms with Crippen LogP contribution in [-0.2, 0) is 0 Å². The van der Waals surface area contributed by atoms with Crippen molar-refractivity contribution in [1.29, 1.82) is 0 Å². The van der Waals surface area contributed by atoms with Crippen LogP contribution in [0.4, 0.5) is 0 Å². The van der Waals surface area contributed by atoms with Crippen LogP contribution in [0.2, 0.25) is 5.02 Å². The number of carbonyl (C=O) groups excluding carboxylic acids is 1. The Morgan fingerprint density at radius 1 is 1.56 bits per heavy atom. The average Bonchev–Trinajstić information content (AvgIpc) is 3.12. The van der Waals surface area contributed by atoms with Gasteiger partial charge in [-0.15, -0.1) is 0 Å². The topological polar surface area (TPSA) is 49.3 Å². The van der Waals surface area contributed by atoms with Crippen LogP contribution in [0.1, 0.15) is 35.7 Å². The largest absolute Gasteiger partial charge is 0.394 e. The van der Waals surface area contributed by atoms with E-state index in [0.717, 1.165) is 18.4 Å². The van der Waals surface area contributed by atoms with E-state index in [1.165, 1.54) is 0 Å². The molecule has 18 heavy (non-hydrogen) atoms. The van der Waals surface area contributed by atoms with E-state index < -0.39 is 5.54 Å². The zero-order valence-electron chi connectivity index (χ0n) is 10.7. The Hall–Kier alpha value is -1.06. The van der Waals surface area contributed by atoms with Gasteiger partial charge in [0.2, 0.25) is 0 Å². The summed E-state index contributed by atoms with van der Waals surface area (Å²) in [7, 11) is 0. The lowest BCUT2D eigenvalue weighted by Crippen LogP contribution is -2.50. The van der Waals surface area contributed by atoms with Crippen molar-refractivity contribution < 1.29 is 9.90 Å². The molecule has 1 aromatic carbocycles. The molecule has 0 heterocycles. The lowest BCUT2D eigenvalue weighted by atomic mass is 9.96. The Bertz CT molecular complexity index is 471. The summed E-state index contributed by atoms with van der Waals surface area (Å²) in [6, 6.07) is 5.34. The predicted molar refractivity (Wildman–Crippen MR) is 71.9 cm³/mol. The molecule has 0 aromatic heterocycles. The fourth-order valence-corrected chi connectivity index (χ4v) is 2.44.